The summed E-state index contributed by atoms with van der Waals surface area (Å²) in [6, 6.07) is 0. The van der Waals surface area contributed by atoms with Crippen LogP contribution in [0, 0.1) is 17.3 Å². The van der Waals surface area contributed by atoms with Crippen LogP contribution >= 0.6 is 11.8 Å². The summed E-state index contributed by atoms with van der Waals surface area (Å²) in [5, 5.41) is 3.57. The van der Waals surface area contributed by atoms with Crippen molar-refractivity contribution in [2.24, 2.45) is 17.3 Å². The molecule has 14 heavy (non-hydrogen) atoms. The summed E-state index contributed by atoms with van der Waals surface area (Å²) in [7, 11) is 0. The first-order valence-corrected chi connectivity index (χ1v) is 6.60. The first-order chi connectivity index (χ1) is 6.63. The van der Waals surface area contributed by atoms with Gasteiger partial charge in [-0.25, -0.2) is 0 Å². The molecule has 2 fully saturated rings. The third-order valence-corrected chi connectivity index (χ3v) is 5.34. The van der Waals surface area contributed by atoms with Crippen LogP contribution in [-0.2, 0) is 4.79 Å². The van der Waals surface area contributed by atoms with Gasteiger partial charge in [-0.2, -0.15) is 0 Å². The average molecular weight is 213 g/mol. The highest BCUT2D eigenvalue weighted by Gasteiger charge is 2.57. The van der Waals surface area contributed by atoms with Crippen molar-refractivity contribution in [1.29, 1.82) is 0 Å². The van der Waals surface area contributed by atoms with Gasteiger partial charge in [0.15, 0.2) is 0 Å². The Morgan fingerprint density at radius 1 is 1.64 bits per heavy atom. The summed E-state index contributed by atoms with van der Waals surface area (Å²) >= 11 is 1.92. The standard InChI is InChI=1S/C11H19NOS/c1-4-11(7(2)3)8-5-6-14-9(8)12-10(11)13/h7-9H,4-6H2,1-3H3,(H,12,13)/t8?,9?,11-/m0/s1. The molecule has 0 aromatic rings. The van der Waals surface area contributed by atoms with Crippen molar-refractivity contribution >= 4 is 17.7 Å². The van der Waals surface area contributed by atoms with E-state index in [4.69, 9.17) is 0 Å². The molecule has 0 spiro atoms. The summed E-state index contributed by atoms with van der Waals surface area (Å²) < 4.78 is 0. The number of carbonyl (C=O) groups excluding carboxylic acids is 1. The number of hydrogen-bond acceptors (Lipinski definition) is 2. The second kappa shape index (κ2) is 3.44. The number of thioether (sulfide) groups is 1. The van der Waals surface area contributed by atoms with Crippen LogP contribution in [0.4, 0.5) is 0 Å². The van der Waals surface area contributed by atoms with E-state index in [1.54, 1.807) is 0 Å². The van der Waals surface area contributed by atoms with Crippen molar-refractivity contribution in [3.63, 3.8) is 0 Å². The molecule has 2 rings (SSSR count). The van der Waals surface area contributed by atoms with E-state index in [1.165, 1.54) is 12.2 Å². The molecule has 2 unspecified atom stereocenters. The van der Waals surface area contributed by atoms with Crippen LogP contribution in [0.25, 0.3) is 0 Å². The van der Waals surface area contributed by atoms with Gasteiger partial charge in [-0.15, -0.1) is 11.8 Å². The maximum absolute atomic E-state index is 12.1. The van der Waals surface area contributed by atoms with Crippen LogP contribution in [0.1, 0.15) is 33.6 Å². The Labute approximate surface area is 90.2 Å². The van der Waals surface area contributed by atoms with Gasteiger partial charge in [-0.3, -0.25) is 4.79 Å². The zero-order valence-corrected chi connectivity index (χ0v) is 9.99. The summed E-state index contributed by atoms with van der Waals surface area (Å²) in [5.74, 6) is 2.55. The monoisotopic (exact) mass is 213 g/mol. The van der Waals surface area contributed by atoms with Crippen molar-refractivity contribution in [2.75, 3.05) is 5.75 Å². The van der Waals surface area contributed by atoms with Crippen LogP contribution in [0.2, 0.25) is 0 Å². The van der Waals surface area contributed by atoms with Crippen LogP contribution in [0.3, 0.4) is 0 Å². The molecule has 2 aliphatic rings. The van der Waals surface area contributed by atoms with E-state index in [-0.39, 0.29) is 5.41 Å². The van der Waals surface area contributed by atoms with Gasteiger partial charge in [0.1, 0.15) is 0 Å². The quantitative estimate of drug-likeness (QED) is 0.762. The fourth-order valence-corrected chi connectivity index (χ4v) is 4.66. The molecule has 2 nitrogen and oxygen atoms in total. The third kappa shape index (κ3) is 1.14. The van der Waals surface area contributed by atoms with Gasteiger partial charge in [-0.1, -0.05) is 20.8 Å². The molecule has 0 bridgehead atoms. The lowest BCUT2D eigenvalue weighted by molar-refractivity contribution is -0.131. The molecule has 3 heteroatoms. The molecule has 0 radical (unpaired) electrons. The predicted octanol–water partition coefficient (Wildman–Crippen LogP) is 2.25. The third-order valence-electron chi connectivity index (χ3n) is 4.06. The molecule has 3 atom stereocenters. The second-order valence-corrected chi connectivity index (χ2v) is 5.96. The summed E-state index contributed by atoms with van der Waals surface area (Å²) in [4.78, 5) is 12.1. The van der Waals surface area contributed by atoms with E-state index in [1.807, 2.05) is 11.8 Å². The van der Waals surface area contributed by atoms with Crippen molar-refractivity contribution in [2.45, 2.75) is 39.0 Å². The fourth-order valence-electron chi connectivity index (χ4n) is 3.21. The van der Waals surface area contributed by atoms with E-state index in [0.717, 1.165) is 6.42 Å². The van der Waals surface area contributed by atoms with E-state index >= 15 is 0 Å². The number of rotatable bonds is 2. The van der Waals surface area contributed by atoms with Crippen LogP contribution in [-0.4, -0.2) is 17.0 Å². The van der Waals surface area contributed by atoms with Gasteiger partial charge < -0.3 is 5.32 Å². The molecular weight excluding hydrogens is 194 g/mol. The summed E-state index contributed by atoms with van der Waals surface area (Å²) in [6.07, 6.45) is 2.19. The molecule has 0 aromatic carbocycles. The first-order valence-electron chi connectivity index (χ1n) is 5.55. The maximum atomic E-state index is 12.1. The van der Waals surface area contributed by atoms with Gasteiger partial charge in [0.2, 0.25) is 5.91 Å². The molecule has 1 amide bonds. The minimum absolute atomic E-state index is 0.0752. The van der Waals surface area contributed by atoms with Crippen molar-refractivity contribution in [3.8, 4) is 0 Å². The van der Waals surface area contributed by atoms with Gasteiger partial charge >= 0.3 is 0 Å². The largest absolute Gasteiger partial charge is 0.344 e. The van der Waals surface area contributed by atoms with E-state index in [2.05, 4.69) is 26.1 Å². The average Bonchev–Trinajstić information content (AvgIpc) is 2.63. The van der Waals surface area contributed by atoms with Crippen LogP contribution in [0.15, 0.2) is 0 Å². The zero-order valence-electron chi connectivity index (χ0n) is 9.17. The molecule has 0 aliphatic carbocycles. The molecule has 1 N–H and O–H groups in total. The molecule has 2 saturated heterocycles. The molecule has 0 aromatic heterocycles. The topological polar surface area (TPSA) is 29.1 Å². The minimum atomic E-state index is -0.0752. The lowest BCUT2D eigenvalue weighted by Gasteiger charge is -2.34. The van der Waals surface area contributed by atoms with Gasteiger partial charge in [-0.05, 0) is 24.5 Å². The van der Waals surface area contributed by atoms with Crippen LogP contribution < -0.4 is 5.32 Å². The highest BCUT2D eigenvalue weighted by Crippen LogP contribution is 2.53. The highest BCUT2D eigenvalue weighted by atomic mass is 32.2. The smallest absolute Gasteiger partial charge is 0.227 e. The highest BCUT2D eigenvalue weighted by molar-refractivity contribution is 8.00. The molecule has 2 heterocycles. The Balaban J connectivity index is 2.34. The number of fused-ring (bicyclic) bond motifs is 1. The Kier molecular flexibility index (Phi) is 2.54. The van der Waals surface area contributed by atoms with Gasteiger partial charge in [0, 0.05) is 5.92 Å². The van der Waals surface area contributed by atoms with E-state index < -0.39 is 0 Å². The first kappa shape index (κ1) is 10.3. The van der Waals surface area contributed by atoms with Gasteiger partial charge in [0.05, 0.1) is 10.8 Å². The second-order valence-electron chi connectivity index (χ2n) is 4.71. The predicted molar refractivity (Wildman–Crippen MR) is 60.1 cm³/mol. The minimum Gasteiger partial charge on any atom is -0.344 e. The number of amides is 1. The Morgan fingerprint density at radius 3 is 2.93 bits per heavy atom. The van der Waals surface area contributed by atoms with E-state index in [9.17, 15) is 4.79 Å². The van der Waals surface area contributed by atoms with E-state index in [0.29, 0.717) is 23.1 Å². The summed E-state index contributed by atoms with van der Waals surface area (Å²) in [5.41, 5.74) is -0.0752. The fraction of sp³-hybridized carbons (Fsp3) is 0.909. The zero-order chi connectivity index (χ0) is 10.3. The number of hydrogen-bond donors (Lipinski definition) is 1. The van der Waals surface area contributed by atoms with Crippen molar-refractivity contribution in [3.05, 3.63) is 0 Å². The van der Waals surface area contributed by atoms with Crippen molar-refractivity contribution < 1.29 is 4.79 Å². The Bertz CT molecular complexity index is 254. The lowest BCUT2D eigenvalue weighted by atomic mass is 9.66. The van der Waals surface area contributed by atoms with Crippen molar-refractivity contribution in [1.82, 2.24) is 5.32 Å². The normalized spacial score (nSPS) is 41.6. The Morgan fingerprint density at radius 2 is 2.36 bits per heavy atom. The maximum Gasteiger partial charge on any atom is 0.227 e. The molecule has 80 valence electrons. The Hall–Kier alpha value is -0.180. The number of carbonyl (C=O) groups is 1. The SMILES string of the molecule is CC[C@@]1(C(C)C)C(=O)NC2SCCC21. The molecule has 0 saturated carbocycles. The lowest BCUT2D eigenvalue weighted by Crippen LogP contribution is -2.39. The van der Waals surface area contributed by atoms with Gasteiger partial charge in [0.25, 0.3) is 0 Å². The summed E-state index contributed by atoms with van der Waals surface area (Å²) in [6.45, 7) is 6.54. The number of nitrogens with one attached hydrogen (secondary N) is 1. The molecular formula is C11H19NOS. The molecule has 2 aliphatic heterocycles. The van der Waals surface area contributed by atoms with Crippen LogP contribution in [0.5, 0.6) is 0 Å².